The molecule has 1 unspecified atom stereocenters. The molecule has 192 valence electrons. The van der Waals surface area contributed by atoms with Gasteiger partial charge < -0.3 is 24.6 Å². The normalized spacial score (nSPS) is 16.9. The van der Waals surface area contributed by atoms with E-state index in [-0.39, 0.29) is 29.4 Å². The first-order valence-electron chi connectivity index (χ1n) is 12.2. The molecule has 0 radical (unpaired) electrons. The molecule has 1 fully saturated rings. The average Bonchev–Trinajstić information content (AvgIpc) is 3.14. The topological polar surface area (TPSA) is 109 Å². The second-order valence-corrected chi connectivity index (χ2v) is 9.18. The molecule has 2 heterocycles. The summed E-state index contributed by atoms with van der Waals surface area (Å²) in [6.07, 6.45) is 3.24. The van der Waals surface area contributed by atoms with Gasteiger partial charge in [-0.3, -0.25) is 14.6 Å². The van der Waals surface area contributed by atoms with E-state index in [9.17, 15) is 19.8 Å². The molecule has 0 aliphatic carbocycles. The van der Waals surface area contributed by atoms with Gasteiger partial charge in [0.05, 0.1) is 24.8 Å². The molecule has 1 aliphatic rings. The Morgan fingerprint density at radius 1 is 1.08 bits per heavy atom. The second-order valence-electron chi connectivity index (χ2n) is 9.18. The van der Waals surface area contributed by atoms with E-state index in [1.807, 2.05) is 19.9 Å². The largest absolute Gasteiger partial charge is 0.507 e. The van der Waals surface area contributed by atoms with Crippen LogP contribution in [0.5, 0.6) is 17.2 Å². The predicted molar refractivity (Wildman–Crippen MR) is 138 cm³/mol. The zero-order valence-corrected chi connectivity index (χ0v) is 21.0. The lowest BCUT2D eigenvalue weighted by Gasteiger charge is -2.26. The fraction of sp³-hybridized carbons (Fsp3) is 0.276. The van der Waals surface area contributed by atoms with E-state index in [1.165, 1.54) is 11.0 Å². The number of Topliss-reactive ketones (excluding diaryl/α,β-unsaturated/α-hetero) is 1. The number of likely N-dealkylation sites (tertiary alicyclic amines) is 1. The van der Waals surface area contributed by atoms with Gasteiger partial charge in [-0.2, -0.15) is 0 Å². The number of carbonyl (C=O) groups is 2. The summed E-state index contributed by atoms with van der Waals surface area (Å²) < 4.78 is 11.3. The lowest BCUT2D eigenvalue weighted by atomic mass is 9.94. The number of aliphatic hydroxyl groups excluding tert-OH is 1. The number of carbonyl (C=O) groups excluding carboxylic acids is 2. The van der Waals surface area contributed by atoms with Crippen LogP contribution >= 0.6 is 0 Å². The molecule has 1 saturated heterocycles. The minimum atomic E-state index is -0.906. The highest BCUT2D eigenvalue weighted by molar-refractivity contribution is 6.46. The fourth-order valence-corrected chi connectivity index (χ4v) is 4.18. The van der Waals surface area contributed by atoms with Crippen molar-refractivity contribution in [2.45, 2.75) is 33.4 Å². The van der Waals surface area contributed by atoms with Gasteiger partial charge in [-0.25, -0.2) is 0 Å². The summed E-state index contributed by atoms with van der Waals surface area (Å²) in [5.74, 6) is -0.672. The number of rotatable bonds is 9. The molecule has 2 aromatic carbocycles. The summed E-state index contributed by atoms with van der Waals surface area (Å²) in [7, 11) is 0. The van der Waals surface area contributed by atoms with Crippen molar-refractivity contribution in [2.75, 3.05) is 13.2 Å². The number of nitrogens with zero attached hydrogens (tertiary/aromatic N) is 2. The van der Waals surface area contributed by atoms with Crippen LogP contribution in [0.1, 0.15) is 43.5 Å². The molecular weight excluding hydrogens is 472 g/mol. The van der Waals surface area contributed by atoms with Gasteiger partial charge in [0.25, 0.3) is 11.7 Å². The summed E-state index contributed by atoms with van der Waals surface area (Å²) in [6, 6.07) is 14.0. The Hall–Kier alpha value is -4.33. The Morgan fingerprint density at radius 2 is 1.84 bits per heavy atom. The van der Waals surface area contributed by atoms with Crippen LogP contribution in [0.4, 0.5) is 0 Å². The second kappa shape index (κ2) is 11.2. The molecule has 1 atom stereocenters. The number of ketones is 1. The number of hydrogen-bond acceptors (Lipinski definition) is 7. The highest BCUT2D eigenvalue weighted by Gasteiger charge is 2.46. The van der Waals surface area contributed by atoms with Crippen LogP contribution in [0.2, 0.25) is 0 Å². The van der Waals surface area contributed by atoms with Gasteiger partial charge in [0.2, 0.25) is 0 Å². The first-order valence-corrected chi connectivity index (χ1v) is 12.2. The molecule has 3 aromatic rings. The Labute approximate surface area is 215 Å². The third kappa shape index (κ3) is 5.58. The number of phenols is 1. The van der Waals surface area contributed by atoms with Gasteiger partial charge in [-0.15, -0.1) is 0 Å². The quantitative estimate of drug-likeness (QED) is 0.245. The number of aromatic nitrogens is 1. The lowest BCUT2D eigenvalue weighted by molar-refractivity contribution is -0.140. The molecule has 2 N–H and O–H groups in total. The van der Waals surface area contributed by atoms with E-state index in [1.54, 1.807) is 61.8 Å². The van der Waals surface area contributed by atoms with Crippen molar-refractivity contribution >= 4 is 17.4 Å². The van der Waals surface area contributed by atoms with Crippen LogP contribution in [-0.4, -0.2) is 45.0 Å². The minimum Gasteiger partial charge on any atom is -0.507 e. The summed E-state index contributed by atoms with van der Waals surface area (Å²) in [5, 5.41) is 21.5. The Balaban J connectivity index is 1.79. The smallest absolute Gasteiger partial charge is 0.295 e. The van der Waals surface area contributed by atoms with Gasteiger partial charge in [0, 0.05) is 24.5 Å². The number of hydrogen-bond donors (Lipinski definition) is 2. The predicted octanol–water partition coefficient (Wildman–Crippen LogP) is 4.84. The number of benzene rings is 2. The Morgan fingerprint density at radius 3 is 2.49 bits per heavy atom. The highest BCUT2D eigenvalue weighted by atomic mass is 16.5. The summed E-state index contributed by atoms with van der Waals surface area (Å²) >= 11 is 0. The zero-order chi connectivity index (χ0) is 26.5. The van der Waals surface area contributed by atoms with Gasteiger partial charge in [-0.05, 0) is 66.4 Å². The average molecular weight is 503 g/mol. The van der Waals surface area contributed by atoms with Gasteiger partial charge in [0.15, 0.2) is 11.5 Å². The van der Waals surface area contributed by atoms with E-state index >= 15 is 0 Å². The zero-order valence-electron chi connectivity index (χ0n) is 21.0. The van der Waals surface area contributed by atoms with Crippen LogP contribution in [0.25, 0.3) is 5.76 Å². The maximum Gasteiger partial charge on any atom is 0.295 e. The SMILES string of the molecule is CCOc1cc(C2/C(=C(/O)c3ccc(OCC(C)C)cc3)C(=O)C(=O)N2Cc2cccnc2)ccc1O. The van der Waals surface area contributed by atoms with Gasteiger partial charge in [-0.1, -0.05) is 26.0 Å². The molecule has 1 aliphatic heterocycles. The molecular formula is C29H30N2O6. The maximum absolute atomic E-state index is 13.3. The monoisotopic (exact) mass is 502 g/mol. The number of amides is 1. The Bertz CT molecular complexity index is 1300. The lowest BCUT2D eigenvalue weighted by Crippen LogP contribution is -2.29. The summed E-state index contributed by atoms with van der Waals surface area (Å²) in [4.78, 5) is 32.0. The van der Waals surface area contributed by atoms with Crippen molar-refractivity contribution in [3.05, 3.63) is 89.3 Å². The highest BCUT2D eigenvalue weighted by Crippen LogP contribution is 2.42. The van der Waals surface area contributed by atoms with E-state index in [2.05, 4.69) is 4.98 Å². The van der Waals surface area contributed by atoms with Crippen molar-refractivity contribution in [3.8, 4) is 17.2 Å². The van der Waals surface area contributed by atoms with Crippen molar-refractivity contribution < 1.29 is 29.3 Å². The number of aliphatic hydroxyl groups is 1. The standard InChI is InChI=1S/C29H30N2O6/c1-4-36-24-14-21(9-12-23(24)32)26-25(27(33)20-7-10-22(11-8-20)37-17-18(2)3)28(34)29(35)31(26)16-19-6-5-13-30-15-19/h5-15,18,26,32-33H,4,16-17H2,1-3H3/b27-25-. The van der Waals surface area contributed by atoms with Crippen LogP contribution in [0.15, 0.2) is 72.6 Å². The van der Waals surface area contributed by atoms with Crippen molar-refractivity contribution in [3.63, 3.8) is 0 Å². The van der Waals surface area contributed by atoms with Gasteiger partial charge in [0.1, 0.15) is 11.5 Å². The Kier molecular flexibility index (Phi) is 7.77. The van der Waals surface area contributed by atoms with Crippen molar-refractivity contribution in [1.29, 1.82) is 0 Å². The molecule has 0 bridgehead atoms. The summed E-state index contributed by atoms with van der Waals surface area (Å²) in [5.41, 5.74) is 1.58. The van der Waals surface area contributed by atoms with Crippen LogP contribution in [-0.2, 0) is 16.1 Å². The minimum absolute atomic E-state index is 0.0436. The fourth-order valence-electron chi connectivity index (χ4n) is 4.18. The molecule has 4 rings (SSSR count). The third-order valence-corrected chi connectivity index (χ3v) is 5.93. The molecule has 37 heavy (non-hydrogen) atoms. The number of ether oxygens (including phenoxy) is 2. The maximum atomic E-state index is 13.3. The molecule has 1 amide bonds. The van der Waals surface area contributed by atoms with Crippen molar-refractivity contribution in [1.82, 2.24) is 9.88 Å². The molecule has 8 nitrogen and oxygen atoms in total. The van der Waals surface area contributed by atoms with Crippen LogP contribution < -0.4 is 9.47 Å². The summed E-state index contributed by atoms with van der Waals surface area (Å²) in [6.45, 7) is 6.85. The van der Waals surface area contributed by atoms with Gasteiger partial charge >= 0.3 is 0 Å². The number of phenolic OH excluding ortho intramolecular Hbond substituents is 1. The molecule has 8 heteroatoms. The van der Waals surface area contributed by atoms with Crippen LogP contribution in [0.3, 0.4) is 0 Å². The molecule has 1 aromatic heterocycles. The van der Waals surface area contributed by atoms with E-state index in [0.717, 1.165) is 5.56 Å². The van der Waals surface area contributed by atoms with Crippen molar-refractivity contribution in [2.24, 2.45) is 5.92 Å². The first kappa shape index (κ1) is 25.8. The van der Waals surface area contributed by atoms with E-state index in [4.69, 9.17) is 9.47 Å². The van der Waals surface area contributed by atoms with E-state index in [0.29, 0.717) is 36.0 Å². The molecule has 0 saturated carbocycles. The van der Waals surface area contributed by atoms with E-state index < -0.39 is 17.7 Å². The third-order valence-electron chi connectivity index (χ3n) is 5.93. The first-order chi connectivity index (χ1) is 17.8. The van der Waals surface area contributed by atoms with Crippen LogP contribution in [0, 0.1) is 5.92 Å². The number of aromatic hydroxyl groups is 1. The number of pyridine rings is 1. The molecule has 0 spiro atoms.